The van der Waals surface area contributed by atoms with Gasteiger partial charge in [0.2, 0.25) is 0 Å². The van der Waals surface area contributed by atoms with E-state index in [1.54, 1.807) is 18.2 Å². The van der Waals surface area contributed by atoms with Crippen LogP contribution in [0.25, 0.3) is 6.08 Å². The number of hydrogen-bond donors (Lipinski definition) is 0. The summed E-state index contributed by atoms with van der Waals surface area (Å²) in [5, 5.41) is 4.06. The van der Waals surface area contributed by atoms with Crippen molar-refractivity contribution in [1.29, 1.82) is 0 Å². The molecule has 0 aromatic heterocycles. The molecule has 2 aromatic rings. The zero-order chi connectivity index (χ0) is 15.5. The Hall–Kier alpha value is -2.82. The predicted molar refractivity (Wildman–Crippen MR) is 83.7 cm³/mol. The van der Waals surface area contributed by atoms with Crippen LogP contribution in [0, 0.1) is 5.82 Å². The molecule has 0 aliphatic carbocycles. The van der Waals surface area contributed by atoms with Crippen molar-refractivity contribution in [2.45, 2.75) is 0 Å². The van der Waals surface area contributed by atoms with E-state index in [0.29, 0.717) is 6.67 Å². The van der Waals surface area contributed by atoms with Crippen LogP contribution < -0.4 is 10.0 Å². The second kappa shape index (κ2) is 5.89. The van der Waals surface area contributed by atoms with Crippen LogP contribution in [0.4, 0.5) is 15.8 Å². The van der Waals surface area contributed by atoms with Gasteiger partial charge in [0.15, 0.2) is 0 Å². The van der Waals surface area contributed by atoms with Crippen molar-refractivity contribution >= 4 is 23.4 Å². The minimum absolute atomic E-state index is 0.251. The van der Waals surface area contributed by atoms with E-state index in [1.165, 1.54) is 25.3 Å². The molecule has 1 heterocycles. The number of benzene rings is 2. The van der Waals surface area contributed by atoms with Crippen molar-refractivity contribution in [3.63, 3.8) is 0 Å². The number of esters is 1. The Morgan fingerprint density at radius 2 is 1.86 bits per heavy atom. The number of hydrogen-bond acceptors (Lipinski definition) is 4. The number of nitrogens with zero attached hydrogens (tertiary/aromatic N) is 2. The molecule has 3 rings (SSSR count). The third kappa shape index (κ3) is 2.93. The molecule has 112 valence electrons. The molecular formula is C17H15FN2O2. The van der Waals surface area contributed by atoms with Crippen molar-refractivity contribution in [3.05, 3.63) is 66.0 Å². The molecule has 0 N–H and O–H groups in total. The lowest BCUT2D eigenvalue weighted by Crippen LogP contribution is -2.05. The standard InChI is InChI=1S/C17H15FN2O2/c1-22-17(21)11-6-13-4-2-3-5-16(13)20-12-19(20)15-9-7-14(18)8-10-15/h2-11H,12H2,1H3/b11-6+. The summed E-state index contributed by atoms with van der Waals surface area (Å²) in [6, 6.07) is 14.1. The second-order valence-corrected chi connectivity index (χ2v) is 4.83. The number of anilines is 2. The highest BCUT2D eigenvalue weighted by molar-refractivity contribution is 5.89. The van der Waals surface area contributed by atoms with Gasteiger partial charge >= 0.3 is 5.97 Å². The maximum Gasteiger partial charge on any atom is 0.330 e. The van der Waals surface area contributed by atoms with Gasteiger partial charge in [0.25, 0.3) is 0 Å². The van der Waals surface area contributed by atoms with E-state index in [1.807, 2.05) is 34.3 Å². The first-order chi connectivity index (χ1) is 10.7. The SMILES string of the molecule is COC(=O)/C=C/c1ccccc1N1CN1c1ccc(F)cc1. The van der Waals surface area contributed by atoms with Crippen molar-refractivity contribution in [2.24, 2.45) is 0 Å². The third-order valence-electron chi connectivity index (χ3n) is 3.41. The van der Waals surface area contributed by atoms with Crippen LogP contribution in [0.1, 0.15) is 5.56 Å². The Morgan fingerprint density at radius 1 is 1.14 bits per heavy atom. The smallest absolute Gasteiger partial charge is 0.330 e. The van der Waals surface area contributed by atoms with Gasteiger partial charge in [-0.2, -0.15) is 0 Å². The van der Waals surface area contributed by atoms with Gasteiger partial charge < -0.3 is 4.74 Å². The number of hydrazine groups is 1. The first-order valence-corrected chi connectivity index (χ1v) is 6.84. The molecule has 1 fully saturated rings. The molecule has 5 heteroatoms. The third-order valence-corrected chi connectivity index (χ3v) is 3.41. The second-order valence-electron chi connectivity index (χ2n) is 4.83. The average Bonchev–Trinajstić information content (AvgIpc) is 3.34. The number of carbonyl (C=O) groups excluding carboxylic acids is 1. The Morgan fingerprint density at radius 3 is 2.59 bits per heavy atom. The van der Waals surface area contributed by atoms with E-state index in [-0.39, 0.29) is 5.82 Å². The summed E-state index contributed by atoms with van der Waals surface area (Å²) in [6.45, 7) is 0.717. The molecule has 1 aliphatic rings. The lowest BCUT2D eigenvalue weighted by Gasteiger charge is -2.10. The molecular weight excluding hydrogens is 283 g/mol. The first kappa shape index (κ1) is 14.1. The molecule has 0 saturated carbocycles. The fourth-order valence-electron chi connectivity index (χ4n) is 2.23. The van der Waals surface area contributed by atoms with Crippen LogP contribution in [-0.4, -0.2) is 19.7 Å². The summed E-state index contributed by atoms with van der Waals surface area (Å²) >= 11 is 0. The number of halogens is 1. The highest BCUT2D eigenvalue weighted by atomic mass is 19.1. The van der Waals surface area contributed by atoms with Gasteiger partial charge in [-0.05, 0) is 42.0 Å². The topological polar surface area (TPSA) is 32.3 Å². The Labute approximate surface area is 128 Å². The monoisotopic (exact) mass is 298 g/mol. The van der Waals surface area contributed by atoms with Crippen molar-refractivity contribution in [1.82, 2.24) is 0 Å². The molecule has 22 heavy (non-hydrogen) atoms. The number of ether oxygens (including phenoxy) is 1. The van der Waals surface area contributed by atoms with Gasteiger partial charge in [-0.3, -0.25) is 10.0 Å². The number of methoxy groups -OCH3 is 1. The van der Waals surface area contributed by atoms with E-state index in [2.05, 4.69) is 4.74 Å². The van der Waals surface area contributed by atoms with Gasteiger partial charge in [0, 0.05) is 6.08 Å². The van der Waals surface area contributed by atoms with E-state index in [9.17, 15) is 9.18 Å². The van der Waals surface area contributed by atoms with Gasteiger partial charge in [0.1, 0.15) is 12.5 Å². The van der Waals surface area contributed by atoms with Crippen LogP contribution in [-0.2, 0) is 9.53 Å². The normalized spacial score (nSPS) is 13.5. The van der Waals surface area contributed by atoms with Gasteiger partial charge in [0.05, 0.1) is 18.5 Å². The molecule has 4 nitrogen and oxygen atoms in total. The van der Waals surface area contributed by atoms with Crippen LogP contribution in [0.2, 0.25) is 0 Å². The lowest BCUT2D eigenvalue weighted by atomic mass is 10.1. The molecule has 0 spiro atoms. The van der Waals surface area contributed by atoms with E-state index >= 15 is 0 Å². The minimum atomic E-state index is -0.393. The molecule has 0 radical (unpaired) electrons. The zero-order valence-corrected chi connectivity index (χ0v) is 12.1. The van der Waals surface area contributed by atoms with Crippen LogP contribution in [0.3, 0.4) is 0 Å². The van der Waals surface area contributed by atoms with Gasteiger partial charge in [-0.1, -0.05) is 18.2 Å². The minimum Gasteiger partial charge on any atom is -0.466 e. The van der Waals surface area contributed by atoms with Crippen molar-refractivity contribution in [2.75, 3.05) is 23.8 Å². The highest BCUT2D eigenvalue weighted by Gasteiger charge is 2.32. The van der Waals surface area contributed by atoms with Crippen LogP contribution in [0.5, 0.6) is 0 Å². The molecule has 0 unspecified atom stereocenters. The van der Waals surface area contributed by atoms with E-state index < -0.39 is 5.97 Å². The Kier molecular flexibility index (Phi) is 3.78. The fraction of sp³-hybridized carbons (Fsp3) is 0.118. The molecule has 0 bridgehead atoms. The fourth-order valence-corrected chi connectivity index (χ4v) is 2.23. The molecule has 0 amide bonds. The first-order valence-electron chi connectivity index (χ1n) is 6.84. The maximum atomic E-state index is 13.0. The molecule has 1 aliphatic heterocycles. The van der Waals surface area contributed by atoms with Crippen molar-refractivity contribution in [3.8, 4) is 0 Å². The molecule has 1 saturated heterocycles. The Balaban J connectivity index is 1.80. The largest absolute Gasteiger partial charge is 0.466 e. The van der Waals surface area contributed by atoms with Gasteiger partial charge in [-0.15, -0.1) is 0 Å². The summed E-state index contributed by atoms with van der Waals surface area (Å²) in [7, 11) is 1.35. The van der Waals surface area contributed by atoms with Crippen LogP contribution >= 0.6 is 0 Å². The molecule has 0 atom stereocenters. The quantitative estimate of drug-likeness (QED) is 0.493. The summed E-state index contributed by atoms with van der Waals surface area (Å²) in [5.41, 5.74) is 2.82. The maximum absolute atomic E-state index is 13.0. The molecule has 2 aromatic carbocycles. The highest BCUT2D eigenvalue weighted by Crippen LogP contribution is 2.34. The Bertz CT molecular complexity index is 713. The predicted octanol–water partition coefficient (Wildman–Crippen LogP) is 3.21. The zero-order valence-electron chi connectivity index (χ0n) is 12.1. The number of rotatable bonds is 4. The summed E-state index contributed by atoms with van der Waals surface area (Å²) in [5.74, 6) is -0.644. The van der Waals surface area contributed by atoms with E-state index in [0.717, 1.165) is 16.9 Å². The number of carbonyl (C=O) groups is 1. The van der Waals surface area contributed by atoms with Gasteiger partial charge in [-0.25, -0.2) is 9.18 Å². The summed E-state index contributed by atoms with van der Waals surface area (Å²) in [6.07, 6.45) is 3.12. The summed E-state index contributed by atoms with van der Waals surface area (Å²) < 4.78 is 17.6. The van der Waals surface area contributed by atoms with E-state index in [4.69, 9.17) is 0 Å². The number of para-hydroxylation sites is 1. The van der Waals surface area contributed by atoms with Crippen LogP contribution in [0.15, 0.2) is 54.6 Å². The average molecular weight is 298 g/mol. The van der Waals surface area contributed by atoms with Crippen molar-refractivity contribution < 1.29 is 13.9 Å². The summed E-state index contributed by atoms with van der Waals surface area (Å²) in [4.78, 5) is 11.2. The lowest BCUT2D eigenvalue weighted by molar-refractivity contribution is -0.134.